The Bertz CT molecular complexity index is 910. The fraction of sp³-hybridized carbons (Fsp3) is 0.318. The number of rotatable bonds is 8. The standard InChI is InChI=1S/C22H25FN2O2/c1-4-7-17(12-11-16(3)23)22-19(8-5-6-9-21(26)27)24-20-14-15(2)10-13-18(20)25-22/h4,7,10-14H,5-6,8-9H2,1-3H3,(H,26,27)/b7-4-,16-11+,17-12+. The molecule has 0 fully saturated rings. The number of halogens is 1. The van der Waals surface area contributed by atoms with Crippen LogP contribution in [-0.2, 0) is 11.2 Å². The van der Waals surface area contributed by atoms with E-state index in [1.807, 2.05) is 44.2 Å². The number of hydrogen-bond acceptors (Lipinski definition) is 3. The molecule has 2 rings (SSSR count). The summed E-state index contributed by atoms with van der Waals surface area (Å²) in [5, 5.41) is 8.83. The summed E-state index contributed by atoms with van der Waals surface area (Å²) in [6.07, 6.45) is 8.89. The lowest BCUT2D eigenvalue weighted by Gasteiger charge is -2.11. The van der Waals surface area contributed by atoms with Crippen molar-refractivity contribution < 1.29 is 14.3 Å². The molecule has 1 aromatic carbocycles. The quantitative estimate of drug-likeness (QED) is 0.489. The Morgan fingerprint density at radius 2 is 1.96 bits per heavy atom. The summed E-state index contributed by atoms with van der Waals surface area (Å²) >= 11 is 0. The van der Waals surface area contributed by atoms with Gasteiger partial charge >= 0.3 is 5.97 Å². The third kappa shape index (κ3) is 6.13. The van der Waals surface area contributed by atoms with E-state index in [0.29, 0.717) is 25.0 Å². The van der Waals surface area contributed by atoms with Crippen LogP contribution in [0.15, 0.2) is 48.3 Å². The monoisotopic (exact) mass is 368 g/mol. The van der Waals surface area contributed by atoms with E-state index in [0.717, 1.165) is 27.9 Å². The second-order valence-electron chi connectivity index (χ2n) is 6.49. The number of carboxylic acid groups (broad SMARTS) is 1. The molecule has 1 heterocycles. The van der Waals surface area contributed by atoms with Crippen molar-refractivity contribution in [3.8, 4) is 0 Å². The van der Waals surface area contributed by atoms with Gasteiger partial charge in [0.05, 0.1) is 28.2 Å². The van der Waals surface area contributed by atoms with Gasteiger partial charge in [0.25, 0.3) is 0 Å². The Labute approximate surface area is 159 Å². The molecular weight excluding hydrogens is 343 g/mol. The summed E-state index contributed by atoms with van der Waals surface area (Å²) in [5.74, 6) is -1.09. The molecular formula is C22H25FN2O2. The van der Waals surface area contributed by atoms with E-state index in [1.165, 1.54) is 13.0 Å². The fourth-order valence-corrected chi connectivity index (χ4v) is 2.77. The van der Waals surface area contributed by atoms with Gasteiger partial charge in [0.2, 0.25) is 0 Å². The van der Waals surface area contributed by atoms with E-state index in [9.17, 15) is 9.18 Å². The molecule has 0 unspecified atom stereocenters. The van der Waals surface area contributed by atoms with Gasteiger partial charge in [0.1, 0.15) is 0 Å². The summed E-state index contributed by atoms with van der Waals surface area (Å²) in [6.45, 7) is 5.29. The van der Waals surface area contributed by atoms with Gasteiger partial charge in [-0.1, -0.05) is 24.3 Å². The highest BCUT2D eigenvalue weighted by Crippen LogP contribution is 2.24. The number of nitrogens with zero attached hydrogens (tertiary/aromatic N) is 2. The minimum absolute atomic E-state index is 0.136. The maximum atomic E-state index is 13.2. The van der Waals surface area contributed by atoms with Crippen LogP contribution in [0.3, 0.4) is 0 Å². The van der Waals surface area contributed by atoms with E-state index in [4.69, 9.17) is 15.1 Å². The highest BCUT2D eigenvalue weighted by atomic mass is 19.1. The molecule has 142 valence electrons. The number of benzene rings is 1. The van der Waals surface area contributed by atoms with Gasteiger partial charge < -0.3 is 5.11 Å². The largest absolute Gasteiger partial charge is 0.481 e. The number of carboxylic acids is 1. The second kappa shape index (κ2) is 9.76. The lowest BCUT2D eigenvalue weighted by molar-refractivity contribution is -0.137. The molecule has 0 saturated carbocycles. The van der Waals surface area contributed by atoms with Crippen molar-refractivity contribution in [2.45, 2.75) is 46.5 Å². The maximum Gasteiger partial charge on any atom is 0.303 e. The molecule has 1 aromatic heterocycles. The first-order chi connectivity index (χ1) is 12.9. The van der Waals surface area contributed by atoms with Crippen molar-refractivity contribution in [2.24, 2.45) is 0 Å². The zero-order valence-corrected chi connectivity index (χ0v) is 16.0. The summed E-state index contributed by atoms with van der Waals surface area (Å²) in [6, 6.07) is 5.90. The van der Waals surface area contributed by atoms with Gasteiger partial charge in [0, 0.05) is 12.0 Å². The normalized spacial score (nSPS) is 12.9. The molecule has 27 heavy (non-hydrogen) atoms. The Kier molecular flexibility index (Phi) is 7.41. The molecule has 1 N–H and O–H groups in total. The van der Waals surface area contributed by atoms with E-state index in [-0.39, 0.29) is 12.2 Å². The average Bonchev–Trinajstić information content (AvgIpc) is 2.61. The van der Waals surface area contributed by atoms with Crippen LogP contribution >= 0.6 is 0 Å². The Morgan fingerprint density at radius 3 is 2.63 bits per heavy atom. The van der Waals surface area contributed by atoms with Crippen LogP contribution in [0.1, 0.15) is 50.1 Å². The van der Waals surface area contributed by atoms with Gasteiger partial charge in [-0.3, -0.25) is 4.79 Å². The van der Waals surface area contributed by atoms with Crippen molar-refractivity contribution in [3.63, 3.8) is 0 Å². The van der Waals surface area contributed by atoms with Crippen LogP contribution in [0.5, 0.6) is 0 Å². The molecule has 0 aliphatic carbocycles. The summed E-state index contributed by atoms with van der Waals surface area (Å²) in [4.78, 5) is 20.3. The first-order valence-electron chi connectivity index (χ1n) is 9.07. The smallest absolute Gasteiger partial charge is 0.303 e. The average molecular weight is 368 g/mol. The number of aliphatic carboxylic acids is 1. The molecule has 5 heteroatoms. The summed E-state index contributed by atoms with van der Waals surface area (Å²) in [5.41, 5.74) is 4.97. The number of aromatic nitrogens is 2. The second-order valence-corrected chi connectivity index (χ2v) is 6.49. The number of carbonyl (C=O) groups is 1. The topological polar surface area (TPSA) is 63.1 Å². The van der Waals surface area contributed by atoms with E-state index in [2.05, 4.69) is 0 Å². The first kappa shape index (κ1) is 20.5. The Balaban J connectivity index is 2.50. The molecule has 0 aliphatic rings. The van der Waals surface area contributed by atoms with Crippen molar-refractivity contribution >= 4 is 22.6 Å². The van der Waals surface area contributed by atoms with Crippen molar-refractivity contribution in [3.05, 3.63) is 65.3 Å². The SMILES string of the molecule is C\C=C/C(=C\C=C(/C)F)c1nc2ccc(C)cc2nc1CCCCC(=O)O. The zero-order valence-electron chi connectivity index (χ0n) is 16.0. The van der Waals surface area contributed by atoms with Crippen molar-refractivity contribution in [2.75, 3.05) is 0 Å². The van der Waals surface area contributed by atoms with Crippen LogP contribution < -0.4 is 0 Å². The molecule has 0 radical (unpaired) electrons. The molecule has 0 saturated heterocycles. The third-order valence-electron chi connectivity index (χ3n) is 4.06. The van der Waals surface area contributed by atoms with Crippen molar-refractivity contribution in [1.29, 1.82) is 0 Å². The molecule has 0 atom stereocenters. The van der Waals surface area contributed by atoms with Crippen LogP contribution in [0.4, 0.5) is 4.39 Å². The molecule has 0 spiro atoms. The number of allylic oxidation sites excluding steroid dienone is 6. The third-order valence-corrected chi connectivity index (χ3v) is 4.06. The molecule has 4 nitrogen and oxygen atoms in total. The fourth-order valence-electron chi connectivity index (χ4n) is 2.77. The van der Waals surface area contributed by atoms with Gasteiger partial charge in [-0.25, -0.2) is 14.4 Å². The Morgan fingerprint density at radius 1 is 1.19 bits per heavy atom. The van der Waals surface area contributed by atoms with Crippen LogP contribution in [0, 0.1) is 6.92 Å². The first-order valence-corrected chi connectivity index (χ1v) is 9.07. The molecule has 0 aliphatic heterocycles. The molecule has 0 amide bonds. The van der Waals surface area contributed by atoms with Gasteiger partial charge in [0.15, 0.2) is 0 Å². The van der Waals surface area contributed by atoms with E-state index >= 15 is 0 Å². The molecule has 2 aromatic rings. The number of unbranched alkanes of at least 4 members (excludes halogenated alkanes) is 1. The van der Waals surface area contributed by atoms with Crippen LogP contribution in [0.25, 0.3) is 16.6 Å². The van der Waals surface area contributed by atoms with Gasteiger partial charge in [-0.05, 0) is 63.8 Å². The number of fused-ring (bicyclic) bond motifs is 1. The van der Waals surface area contributed by atoms with E-state index in [1.54, 1.807) is 6.08 Å². The van der Waals surface area contributed by atoms with Gasteiger partial charge in [-0.15, -0.1) is 0 Å². The predicted octanol–water partition coefficient (Wildman–Crippen LogP) is 5.57. The maximum absolute atomic E-state index is 13.2. The lowest BCUT2D eigenvalue weighted by atomic mass is 10.0. The summed E-state index contributed by atoms with van der Waals surface area (Å²) in [7, 11) is 0. The number of hydrogen-bond donors (Lipinski definition) is 1. The minimum atomic E-state index is -0.798. The zero-order chi connectivity index (χ0) is 19.8. The summed E-state index contributed by atoms with van der Waals surface area (Å²) < 4.78 is 13.2. The van der Waals surface area contributed by atoms with Crippen LogP contribution in [-0.4, -0.2) is 21.0 Å². The predicted molar refractivity (Wildman–Crippen MR) is 107 cm³/mol. The molecule has 0 bridgehead atoms. The minimum Gasteiger partial charge on any atom is -0.481 e. The van der Waals surface area contributed by atoms with Gasteiger partial charge in [-0.2, -0.15) is 0 Å². The highest BCUT2D eigenvalue weighted by molar-refractivity contribution is 5.81. The Hall–Kier alpha value is -2.82. The van der Waals surface area contributed by atoms with Crippen LogP contribution in [0.2, 0.25) is 0 Å². The lowest BCUT2D eigenvalue weighted by Crippen LogP contribution is -2.03. The highest BCUT2D eigenvalue weighted by Gasteiger charge is 2.12. The number of aryl methyl sites for hydroxylation is 2. The van der Waals surface area contributed by atoms with Crippen molar-refractivity contribution in [1.82, 2.24) is 9.97 Å². The van der Waals surface area contributed by atoms with E-state index < -0.39 is 5.97 Å².